The van der Waals surface area contributed by atoms with Gasteiger partial charge in [0, 0.05) is 26.6 Å². The van der Waals surface area contributed by atoms with Crippen LogP contribution in [0.1, 0.15) is 10.4 Å². The number of methoxy groups -OCH3 is 2. The molecule has 3 heterocycles. The zero-order chi connectivity index (χ0) is 40.8. The molecule has 13 heteroatoms. The zero-order valence-corrected chi connectivity index (χ0v) is 35.8. The van der Waals surface area contributed by atoms with Crippen LogP contribution in [0.2, 0.25) is 0 Å². The van der Waals surface area contributed by atoms with Gasteiger partial charge in [-0.2, -0.15) is 42.1 Å². The van der Waals surface area contributed by atoms with E-state index in [1.54, 1.807) is 35.9 Å². The van der Waals surface area contributed by atoms with Crippen molar-refractivity contribution in [3.63, 3.8) is 0 Å². The minimum Gasteiger partial charge on any atom is -0.554 e. The molecule has 0 radical (unpaired) electrons. The van der Waals surface area contributed by atoms with Crippen LogP contribution < -0.4 is 19.3 Å². The molecule has 8 aromatic carbocycles. The fourth-order valence-electron chi connectivity index (χ4n) is 6.62. The summed E-state index contributed by atoms with van der Waals surface area (Å²) in [7, 11) is 3.32. The van der Waals surface area contributed by atoms with Crippen LogP contribution in [0.5, 0.6) is 11.5 Å². The number of thiazole rings is 1. The van der Waals surface area contributed by atoms with Crippen LogP contribution in [0.3, 0.4) is 0 Å². The smallest absolute Gasteiger partial charge is 0.554 e. The van der Waals surface area contributed by atoms with Gasteiger partial charge in [-0.3, -0.25) is 4.79 Å². The Balaban J connectivity index is 0.000000126. The third-order valence-corrected chi connectivity index (χ3v) is 10.4. The summed E-state index contributed by atoms with van der Waals surface area (Å²) in [6, 6.07) is 58.5. The predicted molar refractivity (Wildman–Crippen MR) is 235 cm³/mol. The number of nitrogens with zero attached hydrogens (tertiary/aromatic N) is 8. The van der Waals surface area contributed by atoms with E-state index >= 15 is 0 Å². The van der Waals surface area contributed by atoms with E-state index < -0.39 is 0 Å². The second kappa shape index (κ2) is 18.3. The number of hydrogen-bond donors (Lipinski definition) is 0. The topological polar surface area (TPSA) is 123 Å². The average Bonchev–Trinajstić information content (AvgIpc) is 4.06. The molecular formula is C48H33IrN8O3S. The quantitative estimate of drug-likeness (QED) is 0.157. The Bertz CT molecular complexity index is 3100. The molecule has 0 bridgehead atoms. The fraction of sp³-hybridized carbons (Fsp3) is 0.0417. The molecule has 11 aromatic rings. The van der Waals surface area contributed by atoms with Gasteiger partial charge in [0.15, 0.2) is 5.91 Å². The standard InChI is InChI=1S/2C17H12N3O.C14H10N2OS.Ir/c2*1-21-17-11-10-16(12-6-2-3-7-13(12)17)20-18-14-8-4-5-9-15(14)19-20;17-13(10-6-2-1-3-7-10)16-14-15-11-8-4-5-9-12(11)18-14;/h2*2-9,11H,1H3;1-9H,(H,15,16,17);/q2*-1;;+3/p-1. The predicted octanol–water partition coefficient (Wildman–Crippen LogP) is 9.36. The number of amides is 1. The Kier molecular flexibility index (Phi) is 12.1. The molecule has 0 N–H and O–H groups in total. The van der Waals surface area contributed by atoms with Crippen LogP contribution in [0, 0.1) is 12.1 Å². The zero-order valence-electron chi connectivity index (χ0n) is 32.6. The van der Waals surface area contributed by atoms with Crippen molar-refractivity contribution in [1.29, 1.82) is 0 Å². The molecule has 61 heavy (non-hydrogen) atoms. The van der Waals surface area contributed by atoms with Gasteiger partial charge in [0.2, 0.25) is 0 Å². The second-order valence-corrected chi connectivity index (χ2v) is 14.2. The molecule has 0 aliphatic rings. The van der Waals surface area contributed by atoms with E-state index in [0.29, 0.717) is 10.4 Å². The van der Waals surface area contributed by atoms with E-state index in [0.717, 1.165) is 76.7 Å². The van der Waals surface area contributed by atoms with Gasteiger partial charge in [-0.15, -0.1) is 35.6 Å². The van der Waals surface area contributed by atoms with Crippen molar-refractivity contribution in [1.82, 2.24) is 35.0 Å². The summed E-state index contributed by atoms with van der Waals surface area (Å²) in [5.41, 5.74) is 6.57. The van der Waals surface area contributed by atoms with Gasteiger partial charge in [0.1, 0.15) is 22.1 Å². The second-order valence-electron chi connectivity index (χ2n) is 13.2. The molecule has 0 saturated heterocycles. The van der Waals surface area contributed by atoms with Crippen molar-refractivity contribution in [2.75, 3.05) is 14.2 Å². The molecule has 11 nitrogen and oxygen atoms in total. The van der Waals surface area contributed by atoms with Gasteiger partial charge in [0.25, 0.3) is 0 Å². The fourth-order valence-corrected chi connectivity index (χ4v) is 7.45. The third-order valence-electron chi connectivity index (χ3n) is 9.49. The minimum absolute atomic E-state index is 0. The van der Waals surface area contributed by atoms with E-state index in [9.17, 15) is 4.79 Å². The summed E-state index contributed by atoms with van der Waals surface area (Å²) in [6.45, 7) is 0. The van der Waals surface area contributed by atoms with Crippen LogP contribution in [0.15, 0.2) is 169 Å². The number of rotatable bonds is 5. The number of carbonyl (C=O) groups excluding carboxylic acids is 1. The number of carbonyl (C=O) groups is 1. The maximum Gasteiger partial charge on any atom is 3.00 e. The van der Waals surface area contributed by atoms with Crippen molar-refractivity contribution in [3.8, 4) is 22.9 Å². The number of aromatic nitrogens is 7. The first-order valence-electron chi connectivity index (χ1n) is 18.8. The van der Waals surface area contributed by atoms with Gasteiger partial charge < -0.3 is 19.5 Å². The summed E-state index contributed by atoms with van der Waals surface area (Å²) in [4.78, 5) is 24.0. The molecule has 298 valence electrons. The van der Waals surface area contributed by atoms with Gasteiger partial charge in [-0.25, -0.2) is 0 Å². The van der Waals surface area contributed by atoms with E-state index in [2.05, 4.69) is 42.5 Å². The Morgan fingerprint density at radius 1 is 0.557 bits per heavy atom. The molecule has 0 aliphatic carbocycles. The maximum absolute atomic E-state index is 11.9. The molecule has 0 unspecified atom stereocenters. The summed E-state index contributed by atoms with van der Waals surface area (Å²) in [5, 5.41) is 22.2. The summed E-state index contributed by atoms with van der Waals surface area (Å²) in [5.74, 6) is 1.34. The first kappa shape index (κ1) is 40.5. The van der Waals surface area contributed by atoms with Crippen LogP contribution in [0.25, 0.3) is 65.2 Å². The Morgan fingerprint density at radius 3 is 1.43 bits per heavy atom. The van der Waals surface area contributed by atoms with E-state index in [-0.39, 0.29) is 26.0 Å². The number of para-hydroxylation sites is 1. The van der Waals surface area contributed by atoms with Crippen LogP contribution in [-0.2, 0) is 20.1 Å². The minimum atomic E-state index is -0.255. The molecule has 1 amide bonds. The van der Waals surface area contributed by atoms with Crippen LogP contribution in [0.4, 0.5) is 0 Å². The van der Waals surface area contributed by atoms with Gasteiger partial charge in [-0.1, -0.05) is 131 Å². The molecule has 0 aliphatic heterocycles. The summed E-state index contributed by atoms with van der Waals surface area (Å²) in [6.07, 6.45) is 0. The third kappa shape index (κ3) is 8.57. The Morgan fingerprint density at radius 2 is 0.967 bits per heavy atom. The largest absolute Gasteiger partial charge is 3.00 e. The van der Waals surface area contributed by atoms with Crippen molar-refractivity contribution < 1.29 is 34.4 Å². The summed E-state index contributed by atoms with van der Waals surface area (Å²) >= 11 is 1.42. The Labute approximate surface area is 366 Å². The van der Waals surface area contributed by atoms with Gasteiger partial charge in [-0.05, 0) is 47.2 Å². The molecule has 11 rings (SSSR count). The van der Waals surface area contributed by atoms with Crippen LogP contribution >= 0.6 is 11.3 Å². The van der Waals surface area contributed by atoms with E-state index in [1.165, 1.54) is 11.3 Å². The number of fused-ring (bicyclic) bond motifs is 5. The number of benzene rings is 8. The molecule has 0 fully saturated rings. The molecule has 0 atom stereocenters. The van der Waals surface area contributed by atoms with Crippen molar-refractivity contribution >= 4 is 71.1 Å². The number of ether oxygens (including phenoxy) is 2. The normalized spacial score (nSPS) is 11.1. The molecule has 3 aromatic heterocycles. The molecule has 0 spiro atoms. The van der Waals surface area contributed by atoms with Crippen molar-refractivity contribution in [3.05, 3.63) is 186 Å². The van der Waals surface area contributed by atoms with Crippen LogP contribution in [-0.4, -0.2) is 50.1 Å². The number of hydrogen-bond acceptors (Lipinski definition) is 8. The first-order chi connectivity index (χ1) is 29.6. The average molecular weight is 994 g/mol. The first-order valence-corrected chi connectivity index (χ1v) is 19.6. The van der Waals surface area contributed by atoms with Crippen molar-refractivity contribution in [2.45, 2.75) is 0 Å². The summed E-state index contributed by atoms with van der Waals surface area (Å²) < 4.78 is 11.8. The van der Waals surface area contributed by atoms with E-state index in [1.807, 2.05) is 152 Å². The monoisotopic (exact) mass is 994 g/mol. The van der Waals surface area contributed by atoms with Crippen molar-refractivity contribution in [2.24, 2.45) is 4.99 Å². The Hall–Kier alpha value is -7.31. The molecule has 0 saturated carbocycles. The molecular weight excluding hydrogens is 961 g/mol. The van der Waals surface area contributed by atoms with E-state index in [4.69, 9.17) is 9.47 Å². The van der Waals surface area contributed by atoms with Gasteiger partial charge in [0.05, 0.1) is 14.2 Å². The van der Waals surface area contributed by atoms with Gasteiger partial charge >= 0.3 is 20.1 Å². The SMILES string of the molecule is COc1c[c-]c(-n2nc3ccccc3n2)c2ccccc12.COc1c[c-]c(-n2nc3ccccc3n2)c2ccccc12.O=C(N=c1[n-]c2ccccc2s1)c1ccccc1.[Ir+3]. The maximum atomic E-state index is 11.9.